The highest BCUT2D eigenvalue weighted by molar-refractivity contribution is 5.96. The quantitative estimate of drug-likeness (QED) is 0.698. The Bertz CT molecular complexity index is 731. The lowest BCUT2D eigenvalue weighted by Gasteiger charge is -2.05. The lowest BCUT2D eigenvalue weighted by Crippen LogP contribution is -1.98. The molecule has 1 aromatic heterocycles. The predicted molar refractivity (Wildman–Crippen MR) is 68.1 cm³/mol. The molecule has 0 amide bonds. The highest BCUT2D eigenvalue weighted by Gasteiger charge is 2.09. The summed E-state index contributed by atoms with van der Waals surface area (Å²) < 4.78 is 1.65. The van der Waals surface area contributed by atoms with E-state index in [0.717, 1.165) is 22.9 Å². The van der Waals surface area contributed by atoms with Crippen molar-refractivity contribution in [2.45, 2.75) is 0 Å². The minimum absolute atomic E-state index is 0.166. The Balaban J connectivity index is 2.33. The number of phenols is 1. The number of rotatable bonds is 2. The molecule has 0 saturated heterocycles. The number of nitrogens with zero attached hydrogens (tertiary/aromatic N) is 2. The number of aromatic hydroxyl groups is 1. The molecule has 0 radical (unpaired) electrons. The van der Waals surface area contributed by atoms with Gasteiger partial charge in [0.2, 0.25) is 0 Å². The Hall–Kier alpha value is -2.62. The maximum absolute atomic E-state index is 11.1. The van der Waals surface area contributed by atoms with Crippen LogP contribution in [0.25, 0.3) is 16.6 Å². The minimum atomic E-state index is 0.166. The number of para-hydroxylation sites is 1. The van der Waals surface area contributed by atoms with Gasteiger partial charge in [0.05, 0.1) is 17.4 Å². The van der Waals surface area contributed by atoms with E-state index in [1.54, 1.807) is 35.1 Å². The van der Waals surface area contributed by atoms with E-state index in [2.05, 4.69) is 5.10 Å². The Morgan fingerprint density at radius 1 is 1.17 bits per heavy atom. The predicted octanol–water partition coefficient (Wildman–Crippen LogP) is 2.54. The lowest BCUT2D eigenvalue weighted by molar-refractivity contribution is 0.112. The first-order chi connectivity index (χ1) is 8.79. The second-order valence-corrected chi connectivity index (χ2v) is 3.98. The van der Waals surface area contributed by atoms with E-state index in [0.29, 0.717) is 5.56 Å². The fourth-order valence-corrected chi connectivity index (χ4v) is 2.02. The van der Waals surface area contributed by atoms with Gasteiger partial charge in [-0.25, -0.2) is 4.68 Å². The van der Waals surface area contributed by atoms with Crippen molar-refractivity contribution in [2.75, 3.05) is 0 Å². The zero-order valence-corrected chi connectivity index (χ0v) is 9.45. The average Bonchev–Trinajstić information content (AvgIpc) is 2.82. The van der Waals surface area contributed by atoms with E-state index in [9.17, 15) is 9.90 Å². The molecule has 88 valence electrons. The van der Waals surface area contributed by atoms with Crippen molar-refractivity contribution in [1.82, 2.24) is 9.78 Å². The Morgan fingerprint density at radius 3 is 2.78 bits per heavy atom. The van der Waals surface area contributed by atoms with Crippen molar-refractivity contribution in [3.05, 3.63) is 54.2 Å². The number of aromatic nitrogens is 2. The summed E-state index contributed by atoms with van der Waals surface area (Å²) in [6.45, 7) is 0. The van der Waals surface area contributed by atoms with Crippen LogP contribution in [0, 0.1) is 0 Å². The first-order valence-corrected chi connectivity index (χ1v) is 5.51. The molecule has 0 aliphatic heterocycles. The largest absolute Gasteiger partial charge is 0.508 e. The maximum Gasteiger partial charge on any atom is 0.152 e. The van der Waals surface area contributed by atoms with Gasteiger partial charge in [0, 0.05) is 17.0 Å². The Morgan fingerprint density at radius 2 is 2.00 bits per heavy atom. The summed E-state index contributed by atoms with van der Waals surface area (Å²) >= 11 is 0. The summed E-state index contributed by atoms with van der Waals surface area (Å²) in [5, 5.41) is 14.7. The van der Waals surface area contributed by atoms with E-state index in [4.69, 9.17) is 0 Å². The number of hydrogen-bond acceptors (Lipinski definition) is 3. The summed E-state index contributed by atoms with van der Waals surface area (Å²) in [6.07, 6.45) is 2.51. The molecule has 1 N–H and O–H groups in total. The fraction of sp³-hybridized carbons (Fsp3) is 0. The summed E-state index contributed by atoms with van der Waals surface area (Å²) in [6, 6.07) is 12.2. The lowest BCUT2D eigenvalue weighted by atomic mass is 10.1. The highest BCUT2D eigenvalue weighted by Crippen LogP contribution is 2.22. The standard InChI is InChI=1S/C14H10N2O2/c17-9-11-4-1-3-10-8-15-16(14(10)11)12-5-2-6-13(18)7-12/h1-9,18H. The van der Waals surface area contributed by atoms with Crippen molar-refractivity contribution in [1.29, 1.82) is 0 Å². The first kappa shape index (κ1) is 10.5. The van der Waals surface area contributed by atoms with Crippen LogP contribution >= 0.6 is 0 Å². The van der Waals surface area contributed by atoms with Crippen molar-refractivity contribution in [3.63, 3.8) is 0 Å². The van der Waals surface area contributed by atoms with Crippen LogP contribution < -0.4 is 0 Å². The molecule has 4 nitrogen and oxygen atoms in total. The number of benzene rings is 2. The molecule has 0 unspecified atom stereocenters. The topological polar surface area (TPSA) is 55.1 Å². The summed E-state index contributed by atoms with van der Waals surface area (Å²) in [7, 11) is 0. The van der Waals surface area contributed by atoms with Gasteiger partial charge in [-0.3, -0.25) is 4.79 Å². The number of aldehydes is 1. The van der Waals surface area contributed by atoms with Crippen molar-refractivity contribution in [2.24, 2.45) is 0 Å². The third kappa shape index (κ3) is 1.55. The zero-order valence-electron chi connectivity index (χ0n) is 9.45. The van der Waals surface area contributed by atoms with Crippen LogP contribution in [0.4, 0.5) is 0 Å². The van der Waals surface area contributed by atoms with Gasteiger partial charge in [-0.15, -0.1) is 0 Å². The van der Waals surface area contributed by atoms with Gasteiger partial charge in [0.1, 0.15) is 5.75 Å². The van der Waals surface area contributed by atoms with Gasteiger partial charge in [-0.05, 0) is 18.2 Å². The molecule has 0 fully saturated rings. The zero-order chi connectivity index (χ0) is 12.5. The molecule has 0 aliphatic rings. The smallest absolute Gasteiger partial charge is 0.152 e. The summed E-state index contributed by atoms with van der Waals surface area (Å²) in [5.41, 5.74) is 2.05. The number of carbonyl (C=O) groups is 1. The highest BCUT2D eigenvalue weighted by atomic mass is 16.3. The van der Waals surface area contributed by atoms with Crippen LogP contribution in [-0.2, 0) is 0 Å². The third-order valence-electron chi connectivity index (χ3n) is 2.82. The molecular weight excluding hydrogens is 228 g/mol. The van der Waals surface area contributed by atoms with Crippen LogP contribution in [0.3, 0.4) is 0 Å². The summed E-state index contributed by atoms with van der Waals surface area (Å²) in [4.78, 5) is 11.1. The molecule has 0 saturated carbocycles. The first-order valence-electron chi connectivity index (χ1n) is 5.51. The van der Waals surface area contributed by atoms with Crippen LogP contribution in [-0.4, -0.2) is 21.2 Å². The van der Waals surface area contributed by atoms with Crippen LogP contribution in [0.1, 0.15) is 10.4 Å². The number of phenolic OH excluding ortho intramolecular Hbond substituents is 1. The van der Waals surface area contributed by atoms with Gasteiger partial charge < -0.3 is 5.11 Å². The monoisotopic (exact) mass is 238 g/mol. The van der Waals surface area contributed by atoms with E-state index < -0.39 is 0 Å². The molecule has 0 spiro atoms. The summed E-state index contributed by atoms with van der Waals surface area (Å²) in [5.74, 6) is 0.166. The average molecular weight is 238 g/mol. The molecule has 4 heteroatoms. The van der Waals surface area contributed by atoms with E-state index in [1.165, 1.54) is 0 Å². The molecule has 3 rings (SSSR count). The molecule has 2 aromatic carbocycles. The van der Waals surface area contributed by atoms with Crippen LogP contribution in [0.2, 0.25) is 0 Å². The third-order valence-corrected chi connectivity index (χ3v) is 2.82. The molecule has 0 bridgehead atoms. The van der Waals surface area contributed by atoms with E-state index >= 15 is 0 Å². The van der Waals surface area contributed by atoms with E-state index in [-0.39, 0.29) is 5.75 Å². The van der Waals surface area contributed by atoms with Crippen molar-refractivity contribution in [3.8, 4) is 11.4 Å². The molecule has 3 aromatic rings. The Labute approximate surface area is 103 Å². The number of fused-ring (bicyclic) bond motifs is 1. The van der Waals surface area contributed by atoms with Gasteiger partial charge in [-0.2, -0.15) is 5.10 Å². The van der Waals surface area contributed by atoms with Gasteiger partial charge in [-0.1, -0.05) is 18.2 Å². The molecular formula is C14H10N2O2. The van der Waals surface area contributed by atoms with Crippen molar-refractivity contribution >= 4 is 17.2 Å². The van der Waals surface area contributed by atoms with Gasteiger partial charge in [0.15, 0.2) is 6.29 Å². The van der Waals surface area contributed by atoms with Crippen molar-refractivity contribution < 1.29 is 9.90 Å². The second kappa shape index (κ2) is 4.00. The Kier molecular flexibility index (Phi) is 2.34. The number of hydrogen-bond donors (Lipinski definition) is 1. The number of carbonyl (C=O) groups excluding carboxylic acids is 1. The maximum atomic E-state index is 11.1. The van der Waals surface area contributed by atoms with E-state index in [1.807, 2.05) is 18.2 Å². The second-order valence-electron chi connectivity index (χ2n) is 3.98. The fourth-order valence-electron chi connectivity index (χ4n) is 2.02. The van der Waals surface area contributed by atoms with Gasteiger partial charge in [0.25, 0.3) is 0 Å². The SMILES string of the molecule is O=Cc1cccc2cnn(-c3cccc(O)c3)c12. The minimum Gasteiger partial charge on any atom is -0.508 e. The molecule has 0 atom stereocenters. The normalized spacial score (nSPS) is 10.7. The van der Waals surface area contributed by atoms with Gasteiger partial charge >= 0.3 is 0 Å². The molecule has 1 heterocycles. The molecule has 18 heavy (non-hydrogen) atoms. The molecule has 0 aliphatic carbocycles. The van der Waals surface area contributed by atoms with Crippen LogP contribution in [0.15, 0.2) is 48.7 Å². The van der Waals surface area contributed by atoms with Crippen LogP contribution in [0.5, 0.6) is 5.75 Å².